The van der Waals surface area contributed by atoms with Crippen LogP contribution < -0.4 is 10.1 Å². The summed E-state index contributed by atoms with van der Waals surface area (Å²) in [6.45, 7) is 2.96. The number of nitrogens with one attached hydrogen (secondary N) is 1. The smallest absolute Gasteiger partial charge is 0.177 e. The molecular weight excluding hydrogens is 232 g/mol. The molecule has 0 radical (unpaired) electrons. The molecule has 0 aromatic carbocycles. The lowest BCUT2D eigenvalue weighted by Gasteiger charge is -2.26. The topological polar surface area (TPSA) is 52.6 Å². The molecule has 0 amide bonds. The van der Waals surface area contributed by atoms with E-state index >= 15 is 0 Å². The molecule has 5 nitrogen and oxygen atoms in total. The van der Waals surface area contributed by atoms with Gasteiger partial charge >= 0.3 is 0 Å². The lowest BCUT2D eigenvalue weighted by atomic mass is 10.1. The number of ether oxygens (including phenoxy) is 3. The van der Waals surface area contributed by atoms with E-state index in [1.807, 2.05) is 12.1 Å². The van der Waals surface area contributed by atoms with Crippen LogP contribution in [0.15, 0.2) is 18.3 Å². The summed E-state index contributed by atoms with van der Waals surface area (Å²) in [4.78, 5) is 4.37. The molecule has 0 saturated carbocycles. The fourth-order valence-corrected chi connectivity index (χ4v) is 1.80. The van der Waals surface area contributed by atoms with E-state index in [1.165, 1.54) is 0 Å². The lowest BCUT2D eigenvalue weighted by molar-refractivity contribution is -0.125. The highest BCUT2D eigenvalue weighted by Crippen LogP contribution is 2.26. The van der Waals surface area contributed by atoms with Gasteiger partial charge in [-0.1, -0.05) is 6.92 Å². The van der Waals surface area contributed by atoms with E-state index in [2.05, 4.69) is 17.2 Å². The molecule has 0 bridgehead atoms. The molecule has 102 valence electrons. The summed E-state index contributed by atoms with van der Waals surface area (Å²) in [5.74, 6) is 0.727. The summed E-state index contributed by atoms with van der Waals surface area (Å²) in [5, 5.41) is 3.37. The summed E-state index contributed by atoms with van der Waals surface area (Å²) in [6.07, 6.45) is 2.35. The van der Waals surface area contributed by atoms with Crippen molar-refractivity contribution >= 4 is 0 Å². The first-order valence-electron chi connectivity index (χ1n) is 6.06. The number of hydrogen-bond acceptors (Lipinski definition) is 5. The number of methoxy groups -OCH3 is 3. The van der Waals surface area contributed by atoms with Crippen molar-refractivity contribution in [3.8, 4) is 5.75 Å². The van der Waals surface area contributed by atoms with Crippen molar-refractivity contribution in [3.63, 3.8) is 0 Å². The average molecular weight is 254 g/mol. The number of nitrogens with zero attached hydrogens (tertiary/aromatic N) is 1. The van der Waals surface area contributed by atoms with Crippen molar-refractivity contribution in [2.45, 2.75) is 25.7 Å². The molecule has 1 aromatic rings. The van der Waals surface area contributed by atoms with Crippen LogP contribution in [0.25, 0.3) is 0 Å². The minimum absolute atomic E-state index is 0.156. The average Bonchev–Trinajstić information content (AvgIpc) is 2.43. The molecule has 1 N–H and O–H groups in total. The van der Waals surface area contributed by atoms with E-state index in [4.69, 9.17) is 14.2 Å². The van der Waals surface area contributed by atoms with Gasteiger partial charge in [0.1, 0.15) is 17.5 Å². The standard InChI is InChI=1S/C13H22N2O3/c1-5-8-14-12(13(17-3)18-4)11-10(16-2)7-6-9-15-11/h6-7,9,12-14H,5,8H2,1-4H3. The van der Waals surface area contributed by atoms with Gasteiger partial charge in [0.15, 0.2) is 6.29 Å². The summed E-state index contributed by atoms with van der Waals surface area (Å²) >= 11 is 0. The number of rotatable bonds is 8. The summed E-state index contributed by atoms with van der Waals surface area (Å²) in [6, 6.07) is 3.57. The Kier molecular flexibility index (Phi) is 6.64. The Balaban J connectivity index is 2.99. The molecule has 0 aliphatic heterocycles. The number of pyridine rings is 1. The third kappa shape index (κ3) is 3.66. The van der Waals surface area contributed by atoms with Crippen LogP contribution in [-0.2, 0) is 9.47 Å². The third-order valence-corrected chi connectivity index (χ3v) is 2.67. The minimum Gasteiger partial charge on any atom is -0.495 e. The molecule has 1 rings (SSSR count). The van der Waals surface area contributed by atoms with Gasteiger partial charge in [-0.25, -0.2) is 0 Å². The van der Waals surface area contributed by atoms with Crippen LogP contribution in [0.2, 0.25) is 0 Å². The van der Waals surface area contributed by atoms with Gasteiger partial charge in [0.2, 0.25) is 0 Å². The highest BCUT2D eigenvalue weighted by atomic mass is 16.7. The maximum absolute atomic E-state index is 5.33. The van der Waals surface area contributed by atoms with Crippen molar-refractivity contribution in [3.05, 3.63) is 24.0 Å². The van der Waals surface area contributed by atoms with Gasteiger partial charge in [0, 0.05) is 20.4 Å². The first-order valence-corrected chi connectivity index (χ1v) is 6.06. The Morgan fingerprint density at radius 1 is 1.28 bits per heavy atom. The SMILES string of the molecule is CCCNC(c1ncccc1OC)C(OC)OC. The van der Waals surface area contributed by atoms with Crippen LogP contribution in [0.4, 0.5) is 0 Å². The number of aromatic nitrogens is 1. The van der Waals surface area contributed by atoms with E-state index in [1.54, 1.807) is 27.5 Å². The van der Waals surface area contributed by atoms with E-state index in [9.17, 15) is 0 Å². The number of hydrogen-bond donors (Lipinski definition) is 1. The molecule has 18 heavy (non-hydrogen) atoms. The molecule has 0 aliphatic rings. The lowest BCUT2D eigenvalue weighted by Crippen LogP contribution is -2.35. The Morgan fingerprint density at radius 2 is 2.00 bits per heavy atom. The van der Waals surface area contributed by atoms with Gasteiger partial charge in [-0.3, -0.25) is 4.98 Å². The zero-order valence-corrected chi connectivity index (χ0v) is 11.5. The maximum Gasteiger partial charge on any atom is 0.177 e. The maximum atomic E-state index is 5.33. The minimum atomic E-state index is -0.402. The highest BCUT2D eigenvalue weighted by Gasteiger charge is 2.26. The first-order chi connectivity index (χ1) is 8.78. The molecule has 1 unspecified atom stereocenters. The Morgan fingerprint density at radius 3 is 2.56 bits per heavy atom. The largest absolute Gasteiger partial charge is 0.495 e. The molecule has 1 heterocycles. The highest BCUT2D eigenvalue weighted by molar-refractivity contribution is 5.30. The van der Waals surface area contributed by atoms with Crippen LogP contribution >= 0.6 is 0 Å². The zero-order valence-electron chi connectivity index (χ0n) is 11.5. The van der Waals surface area contributed by atoms with E-state index in [0.29, 0.717) is 0 Å². The molecule has 0 spiro atoms. The van der Waals surface area contributed by atoms with Crippen molar-refractivity contribution in [2.75, 3.05) is 27.9 Å². The quantitative estimate of drug-likeness (QED) is 0.716. The van der Waals surface area contributed by atoms with Crippen molar-refractivity contribution in [1.29, 1.82) is 0 Å². The van der Waals surface area contributed by atoms with Gasteiger partial charge in [0.25, 0.3) is 0 Å². The van der Waals surface area contributed by atoms with E-state index in [0.717, 1.165) is 24.4 Å². The fraction of sp³-hybridized carbons (Fsp3) is 0.615. The van der Waals surface area contributed by atoms with Crippen LogP contribution in [0.1, 0.15) is 25.1 Å². The van der Waals surface area contributed by atoms with Crippen molar-refractivity contribution < 1.29 is 14.2 Å². The summed E-state index contributed by atoms with van der Waals surface area (Å²) in [5.41, 5.74) is 0.794. The molecule has 0 saturated heterocycles. The Bertz CT molecular complexity index is 343. The third-order valence-electron chi connectivity index (χ3n) is 2.67. The summed E-state index contributed by atoms with van der Waals surface area (Å²) in [7, 11) is 4.86. The summed E-state index contributed by atoms with van der Waals surface area (Å²) < 4.78 is 16.0. The zero-order chi connectivity index (χ0) is 13.4. The van der Waals surface area contributed by atoms with Crippen LogP contribution in [0.5, 0.6) is 5.75 Å². The van der Waals surface area contributed by atoms with Crippen molar-refractivity contribution in [2.24, 2.45) is 0 Å². The molecule has 5 heteroatoms. The normalized spacial score (nSPS) is 12.7. The predicted octanol–water partition coefficient (Wildman–Crippen LogP) is 1.75. The monoisotopic (exact) mass is 254 g/mol. The second kappa shape index (κ2) is 8.02. The second-order valence-corrected chi connectivity index (χ2v) is 3.86. The fourth-order valence-electron chi connectivity index (χ4n) is 1.80. The first kappa shape index (κ1) is 14.9. The van der Waals surface area contributed by atoms with Gasteiger partial charge in [-0.2, -0.15) is 0 Å². The van der Waals surface area contributed by atoms with Gasteiger partial charge in [-0.15, -0.1) is 0 Å². The second-order valence-electron chi connectivity index (χ2n) is 3.86. The van der Waals surface area contributed by atoms with Crippen LogP contribution in [0, 0.1) is 0 Å². The van der Waals surface area contributed by atoms with E-state index < -0.39 is 6.29 Å². The molecular formula is C13H22N2O3. The van der Waals surface area contributed by atoms with Gasteiger partial charge in [-0.05, 0) is 25.1 Å². The Labute approximate surface area is 108 Å². The molecule has 1 aromatic heterocycles. The molecule has 1 atom stereocenters. The van der Waals surface area contributed by atoms with E-state index in [-0.39, 0.29) is 6.04 Å². The van der Waals surface area contributed by atoms with Crippen molar-refractivity contribution in [1.82, 2.24) is 10.3 Å². The predicted molar refractivity (Wildman–Crippen MR) is 69.6 cm³/mol. The van der Waals surface area contributed by atoms with Crippen LogP contribution in [-0.4, -0.2) is 39.1 Å². The van der Waals surface area contributed by atoms with Gasteiger partial charge < -0.3 is 19.5 Å². The van der Waals surface area contributed by atoms with Gasteiger partial charge in [0.05, 0.1) is 7.11 Å². The van der Waals surface area contributed by atoms with Crippen LogP contribution in [0.3, 0.4) is 0 Å². The Hall–Kier alpha value is -1.17. The molecule has 0 fully saturated rings. The molecule has 0 aliphatic carbocycles.